The van der Waals surface area contributed by atoms with Crippen LogP contribution in [0.1, 0.15) is 17.9 Å². The summed E-state index contributed by atoms with van der Waals surface area (Å²) < 4.78 is 1.87. The van der Waals surface area contributed by atoms with Gasteiger partial charge in [0, 0.05) is 14.9 Å². The Balaban J connectivity index is 1.67. The number of rotatable bonds is 3. The van der Waals surface area contributed by atoms with Gasteiger partial charge >= 0.3 is 0 Å². The molecule has 2 aromatic rings. The maximum Gasteiger partial charge on any atom is 0.228 e. The molecule has 20 heavy (non-hydrogen) atoms. The van der Waals surface area contributed by atoms with E-state index < -0.39 is 0 Å². The third kappa shape index (κ3) is 2.96. The van der Waals surface area contributed by atoms with E-state index in [0.29, 0.717) is 5.92 Å². The lowest BCUT2D eigenvalue weighted by molar-refractivity contribution is -0.117. The van der Waals surface area contributed by atoms with Crippen molar-refractivity contribution in [3.8, 4) is 0 Å². The second kappa shape index (κ2) is 5.70. The minimum atomic E-state index is 0.0907. The highest BCUT2D eigenvalue weighted by molar-refractivity contribution is 9.11. The van der Waals surface area contributed by atoms with Crippen LogP contribution in [0.2, 0.25) is 0 Å². The average molecular weight is 395 g/mol. The van der Waals surface area contributed by atoms with Crippen molar-refractivity contribution in [2.45, 2.75) is 12.3 Å². The lowest BCUT2D eigenvalue weighted by atomic mass is 10.1. The summed E-state index contributed by atoms with van der Waals surface area (Å²) >= 11 is 6.86. The molecule has 4 heteroatoms. The Morgan fingerprint density at radius 3 is 2.55 bits per heavy atom. The first kappa shape index (κ1) is 13.8. The highest BCUT2D eigenvalue weighted by Crippen LogP contribution is 2.48. The summed E-state index contributed by atoms with van der Waals surface area (Å²) in [5.74, 6) is 0.556. The molecule has 2 nitrogen and oxygen atoms in total. The average Bonchev–Trinajstić information content (AvgIpc) is 3.23. The van der Waals surface area contributed by atoms with Gasteiger partial charge in [-0.05, 0) is 52.0 Å². The summed E-state index contributed by atoms with van der Waals surface area (Å²) in [6.45, 7) is 0. The summed E-state index contributed by atoms with van der Waals surface area (Å²) in [6.07, 6.45) is 0.935. The van der Waals surface area contributed by atoms with Crippen LogP contribution in [-0.4, -0.2) is 5.91 Å². The smallest absolute Gasteiger partial charge is 0.228 e. The van der Waals surface area contributed by atoms with Gasteiger partial charge in [-0.25, -0.2) is 0 Å². The predicted octanol–water partition coefficient (Wildman–Crippen LogP) is 4.95. The van der Waals surface area contributed by atoms with Crippen LogP contribution in [0, 0.1) is 5.92 Å². The summed E-state index contributed by atoms with van der Waals surface area (Å²) in [4.78, 5) is 12.3. The van der Waals surface area contributed by atoms with Gasteiger partial charge < -0.3 is 5.32 Å². The monoisotopic (exact) mass is 393 g/mol. The van der Waals surface area contributed by atoms with E-state index in [1.807, 2.05) is 36.4 Å². The molecule has 2 unspecified atom stereocenters. The molecule has 0 radical (unpaired) electrons. The molecular formula is C16H13Br2NO. The minimum Gasteiger partial charge on any atom is -0.325 e. The van der Waals surface area contributed by atoms with Crippen molar-refractivity contribution in [2.24, 2.45) is 5.92 Å². The zero-order valence-electron chi connectivity index (χ0n) is 10.6. The van der Waals surface area contributed by atoms with Crippen molar-refractivity contribution in [2.75, 3.05) is 5.32 Å². The molecule has 1 aliphatic carbocycles. The van der Waals surface area contributed by atoms with Crippen LogP contribution in [0.3, 0.4) is 0 Å². The number of carbonyl (C=O) groups is 1. The second-order valence-corrected chi connectivity index (χ2v) is 6.74. The number of hydrogen-bond donors (Lipinski definition) is 1. The first-order valence-corrected chi connectivity index (χ1v) is 8.04. The van der Waals surface area contributed by atoms with E-state index >= 15 is 0 Å². The lowest BCUT2D eigenvalue weighted by Gasteiger charge is -2.07. The molecule has 102 valence electrons. The standard InChI is InChI=1S/C16H13Br2NO/c17-11-6-7-15(14(18)8-11)19-16(20)13-9-12(13)10-4-2-1-3-5-10/h1-8,12-13H,9H2,(H,19,20). The van der Waals surface area contributed by atoms with Crippen LogP contribution < -0.4 is 5.32 Å². The zero-order valence-corrected chi connectivity index (χ0v) is 13.8. The van der Waals surface area contributed by atoms with E-state index in [0.717, 1.165) is 21.1 Å². The fourth-order valence-electron chi connectivity index (χ4n) is 2.37. The third-order valence-corrected chi connectivity index (χ3v) is 4.69. The van der Waals surface area contributed by atoms with Crippen molar-refractivity contribution >= 4 is 43.5 Å². The highest BCUT2D eigenvalue weighted by Gasteiger charge is 2.43. The van der Waals surface area contributed by atoms with Crippen LogP contribution >= 0.6 is 31.9 Å². The molecule has 3 rings (SSSR count). The van der Waals surface area contributed by atoms with Crippen LogP contribution in [0.5, 0.6) is 0 Å². The largest absolute Gasteiger partial charge is 0.325 e. The molecule has 0 saturated heterocycles. The van der Waals surface area contributed by atoms with Gasteiger partial charge in [0.25, 0.3) is 0 Å². The number of benzene rings is 2. The van der Waals surface area contributed by atoms with E-state index in [4.69, 9.17) is 0 Å². The molecule has 0 aliphatic heterocycles. The molecule has 1 N–H and O–H groups in total. The van der Waals surface area contributed by atoms with Gasteiger partial charge in [-0.3, -0.25) is 4.79 Å². The Bertz CT molecular complexity index is 642. The number of hydrogen-bond acceptors (Lipinski definition) is 1. The molecule has 0 bridgehead atoms. The number of carbonyl (C=O) groups excluding carboxylic acids is 1. The highest BCUT2D eigenvalue weighted by atomic mass is 79.9. The Morgan fingerprint density at radius 1 is 1.10 bits per heavy atom. The van der Waals surface area contributed by atoms with Gasteiger partial charge in [0.2, 0.25) is 5.91 Å². The molecule has 1 fully saturated rings. The summed E-state index contributed by atoms with van der Waals surface area (Å²) in [7, 11) is 0. The second-order valence-electron chi connectivity index (χ2n) is 4.97. The Hall–Kier alpha value is -1.13. The molecule has 1 saturated carbocycles. The lowest BCUT2D eigenvalue weighted by Crippen LogP contribution is -2.14. The van der Waals surface area contributed by atoms with Gasteiger partial charge in [-0.2, -0.15) is 0 Å². The Kier molecular flexibility index (Phi) is 3.94. The Morgan fingerprint density at radius 2 is 1.85 bits per heavy atom. The predicted molar refractivity (Wildman–Crippen MR) is 87.8 cm³/mol. The molecule has 1 amide bonds. The molecule has 1 aliphatic rings. The maximum absolute atomic E-state index is 12.3. The van der Waals surface area contributed by atoms with Crippen LogP contribution in [0.15, 0.2) is 57.5 Å². The molecule has 0 spiro atoms. The van der Waals surface area contributed by atoms with Gasteiger partial charge in [0.05, 0.1) is 5.69 Å². The Labute approximate surface area is 134 Å². The normalized spacial score (nSPS) is 20.5. The maximum atomic E-state index is 12.3. The first-order valence-electron chi connectivity index (χ1n) is 6.46. The van der Waals surface area contributed by atoms with E-state index in [1.165, 1.54) is 5.56 Å². The number of amides is 1. The van der Waals surface area contributed by atoms with E-state index in [2.05, 4.69) is 49.3 Å². The van der Waals surface area contributed by atoms with Crippen LogP contribution in [-0.2, 0) is 4.79 Å². The molecule has 0 aromatic heterocycles. The fourth-order valence-corrected chi connectivity index (χ4v) is 3.52. The van der Waals surface area contributed by atoms with Gasteiger partial charge in [-0.1, -0.05) is 46.3 Å². The molecular weight excluding hydrogens is 382 g/mol. The minimum absolute atomic E-state index is 0.0907. The number of anilines is 1. The third-order valence-electron chi connectivity index (χ3n) is 3.54. The number of nitrogens with one attached hydrogen (secondary N) is 1. The van der Waals surface area contributed by atoms with E-state index in [-0.39, 0.29) is 11.8 Å². The summed E-state index contributed by atoms with van der Waals surface area (Å²) in [5, 5.41) is 2.99. The van der Waals surface area contributed by atoms with Gasteiger partial charge in [-0.15, -0.1) is 0 Å². The van der Waals surface area contributed by atoms with Crippen molar-refractivity contribution in [3.05, 3.63) is 63.0 Å². The zero-order chi connectivity index (χ0) is 14.1. The first-order chi connectivity index (χ1) is 9.65. The summed E-state index contributed by atoms with van der Waals surface area (Å²) in [6, 6.07) is 16.0. The van der Waals surface area contributed by atoms with Crippen LogP contribution in [0.4, 0.5) is 5.69 Å². The number of halogens is 2. The molecule has 2 atom stereocenters. The van der Waals surface area contributed by atoms with E-state index in [9.17, 15) is 4.79 Å². The fraction of sp³-hybridized carbons (Fsp3) is 0.188. The molecule has 0 heterocycles. The quantitative estimate of drug-likeness (QED) is 0.783. The van der Waals surface area contributed by atoms with Gasteiger partial charge in [0.1, 0.15) is 0 Å². The van der Waals surface area contributed by atoms with Crippen molar-refractivity contribution in [1.29, 1.82) is 0 Å². The topological polar surface area (TPSA) is 29.1 Å². The van der Waals surface area contributed by atoms with Crippen LogP contribution in [0.25, 0.3) is 0 Å². The molecule has 2 aromatic carbocycles. The SMILES string of the molecule is O=C(Nc1ccc(Br)cc1Br)C1CC1c1ccccc1. The van der Waals surface area contributed by atoms with E-state index in [1.54, 1.807) is 0 Å². The van der Waals surface area contributed by atoms with Gasteiger partial charge in [0.15, 0.2) is 0 Å². The van der Waals surface area contributed by atoms with Crippen molar-refractivity contribution in [3.63, 3.8) is 0 Å². The van der Waals surface area contributed by atoms with Crippen molar-refractivity contribution < 1.29 is 4.79 Å². The summed E-state index contributed by atoms with van der Waals surface area (Å²) in [5.41, 5.74) is 2.07. The van der Waals surface area contributed by atoms with Crippen molar-refractivity contribution in [1.82, 2.24) is 0 Å².